The summed E-state index contributed by atoms with van der Waals surface area (Å²) in [5.74, 6) is 0.828. The summed E-state index contributed by atoms with van der Waals surface area (Å²) in [5, 5.41) is 10.9. The number of halogens is 1. The van der Waals surface area contributed by atoms with E-state index in [2.05, 4.69) is 32.5 Å². The highest BCUT2D eigenvalue weighted by Crippen LogP contribution is 2.16. The Morgan fingerprint density at radius 1 is 1.21 bits per heavy atom. The SMILES string of the molecule is CCNC(=NCCCn1cccn1)NCCCCN1CCC(C(N)=O)CC1.I. The van der Waals surface area contributed by atoms with Crippen LogP contribution >= 0.6 is 24.0 Å². The Kier molecular flexibility index (Phi) is 12.9. The summed E-state index contributed by atoms with van der Waals surface area (Å²) in [6.45, 7) is 8.60. The van der Waals surface area contributed by atoms with E-state index in [0.717, 1.165) is 83.9 Å². The van der Waals surface area contributed by atoms with Gasteiger partial charge in [-0.15, -0.1) is 24.0 Å². The number of carbonyl (C=O) groups excluding carboxylic acids is 1. The summed E-state index contributed by atoms with van der Waals surface area (Å²) in [6, 6.07) is 1.94. The van der Waals surface area contributed by atoms with Crippen molar-refractivity contribution in [2.24, 2.45) is 16.6 Å². The molecule has 0 radical (unpaired) electrons. The van der Waals surface area contributed by atoms with Crippen LogP contribution in [-0.4, -0.2) is 65.8 Å². The van der Waals surface area contributed by atoms with Gasteiger partial charge in [0, 0.05) is 44.5 Å². The van der Waals surface area contributed by atoms with Crippen molar-refractivity contribution in [3.05, 3.63) is 18.5 Å². The lowest BCUT2D eigenvalue weighted by atomic mass is 9.96. The number of hydrogen-bond donors (Lipinski definition) is 3. The molecule has 0 aliphatic carbocycles. The number of aliphatic imine (C=N–C) groups is 1. The Hall–Kier alpha value is -1.36. The molecule has 160 valence electrons. The van der Waals surface area contributed by atoms with Gasteiger partial charge in [0.15, 0.2) is 5.96 Å². The molecule has 0 spiro atoms. The Labute approximate surface area is 185 Å². The van der Waals surface area contributed by atoms with Gasteiger partial charge in [-0.25, -0.2) is 0 Å². The fourth-order valence-corrected chi connectivity index (χ4v) is 3.31. The molecule has 1 amide bonds. The van der Waals surface area contributed by atoms with Gasteiger partial charge < -0.3 is 21.3 Å². The molecule has 1 fully saturated rings. The lowest BCUT2D eigenvalue weighted by Crippen LogP contribution is -2.39. The zero-order valence-corrected chi connectivity index (χ0v) is 19.3. The molecule has 0 atom stereocenters. The second-order valence-electron chi connectivity index (χ2n) is 7.04. The first-order chi connectivity index (χ1) is 13.2. The Morgan fingerprint density at radius 3 is 2.64 bits per heavy atom. The zero-order chi connectivity index (χ0) is 19.3. The largest absolute Gasteiger partial charge is 0.369 e. The monoisotopic (exact) mass is 505 g/mol. The predicted octanol–water partition coefficient (Wildman–Crippen LogP) is 1.42. The summed E-state index contributed by atoms with van der Waals surface area (Å²) in [4.78, 5) is 18.3. The molecule has 0 saturated carbocycles. The highest BCUT2D eigenvalue weighted by molar-refractivity contribution is 14.0. The molecule has 1 aromatic heterocycles. The van der Waals surface area contributed by atoms with Crippen LogP contribution in [-0.2, 0) is 11.3 Å². The average Bonchev–Trinajstić information content (AvgIpc) is 3.18. The first-order valence-corrected chi connectivity index (χ1v) is 10.2. The van der Waals surface area contributed by atoms with Gasteiger partial charge >= 0.3 is 0 Å². The molecule has 1 saturated heterocycles. The topological polar surface area (TPSA) is 101 Å². The zero-order valence-electron chi connectivity index (χ0n) is 17.0. The molecule has 4 N–H and O–H groups in total. The number of nitrogens with one attached hydrogen (secondary N) is 2. The third kappa shape index (κ3) is 9.72. The fraction of sp³-hybridized carbons (Fsp3) is 0.737. The third-order valence-electron chi connectivity index (χ3n) is 4.90. The molecule has 0 unspecified atom stereocenters. The van der Waals surface area contributed by atoms with Gasteiger partial charge in [0.25, 0.3) is 0 Å². The number of aryl methyl sites for hydroxylation is 1. The Balaban J connectivity index is 0.00000392. The molecule has 2 heterocycles. The molecule has 0 aromatic carbocycles. The number of guanidine groups is 1. The average molecular weight is 505 g/mol. The van der Waals surface area contributed by atoms with Gasteiger partial charge in [0.1, 0.15) is 0 Å². The van der Waals surface area contributed by atoms with Crippen molar-refractivity contribution in [1.82, 2.24) is 25.3 Å². The van der Waals surface area contributed by atoms with Crippen LogP contribution in [0.1, 0.15) is 39.0 Å². The van der Waals surface area contributed by atoms with Gasteiger partial charge in [0.2, 0.25) is 5.91 Å². The summed E-state index contributed by atoms with van der Waals surface area (Å²) in [7, 11) is 0. The normalized spacial score (nSPS) is 15.8. The number of nitrogens with two attached hydrogens (primary N) is 1. The number of primary amides is 1. The van der Waals surface area contributed by atoms with Crippen molar-refractivity contribution >= 4 is 35.8 Å². The standard InChI is InChI=1S/C19H35N7O.HI/c1-2-21-19(23-10-5-13-26-14-6-11-24-26)22-9-3-4-12-25-15-7-17(8-16-25)18(20)27;/h6,11,14,17H,2-5,7-10,12-13,15-16H2,1H3,(H2,20,27)(H2,21,22,23);1H. The number of unbranched alkanes of at least 4 members (excludes halogenated alkanes) is 1. The van der Waals surface area contributed by atoms with Crippen LogP contribution in [0.25, 0.3) is 0 Å². The summed E-state index contributed by atoms with van der Waals surface area (Å²) in [6.07, 6.45) is 8.81. The van der Waals surface area contributed by atoms with Crippen LogP contribution in [0.4, 0.5) is 0 Å². The fourth-order valence-electron chi connectivity index (χ4n) is 3.31. The van der Waals surface area contributed by atoms with Crippen molar-refractivity contribution in [3.63, 3.8) is 0 Å². The summed E-state index contributed by atoms with van der Waals surface area (Å²) >= 11 is 0. The van der Waals surface area contributed by atoms with E-state index < -0.39 is 0 Å². The first kappa shape index (κ1) is 24.7. The second-order valence-corrected chi connectivity index (χ2v) is 7.04. The van der Waals surface area contributed by atoms with Crippen LogP contribution in [0.2, 0.25) is 0 Å². The number of nitrogens with zero attached hydrogens (tertiary/aromatic N) is 4. The Bertz CT molecular complexity index is 557. The number of hydrogen-bond acceptors (Lipinski definition) is 4. The third-order valence-corrected chi connectivity index (χ3v) is 4.90. The molecular formula is C19H36IN7O. The van der Waals surface area contributed by atoms with Gasteiger partial charge in [0.05, 0.1) is 0 Å². The Morgan fingerprint density at radius 2 is 2.00 bits per heavy atom. The second kappa shape index (κ2) is 14.6. The quantitative estimate of drug-likeness (QED) is 0.183. The van der Waals surface area contributed by atoms with E-state index >= 15 is 0 Å². The highest BCUT2D eigenvalue weighted by atomic mass is 127. The minimum Gasteiger partial charge on any atom is -0.369 e. The highest BCUT2D eigenvalue weighted by Gasteiger charge is 2.22. The summed E-state index contributed by atoms with van der Waals surface area (Å²) < 4.78 is 1.93. The molecule has 1 aromatic rings. The van der Waals surface area contributed by atoms with Crippen LogP contribution in [0.15, 0.2) is 23.5 Å². The van der Waals surface area contributed by atoms with E-state index in [0.29, 0.717) is 0 Å². The lowest BCUT2D eigenvalue weighted by Gasteiger charge is -2.30. The number of carbonyl (C=O) groups is 1. The van der Waals surface area contributed by atoms with Crippen molar-refractivity contribution in [3.8, 4) is 0 Å². The van der Waals surface area contributed by atoms with E-state index in [1.165, 1.54) is 0 Å². The van der Waals surface area contributed by atoms with Crippen molar-refractivity contribution in [2.75, 3.05) is 39.3 Å². The number of rotatable bonds is 11. The predicted molar refractivity (Wildman–Crippen MR) is 124 cm³/mol. The van der Waals surface area contributed by atoms with E-state index in [9.17, 15) is 4.79 Å². The molecule has 28 heavy (non-hydrogen) atoms. The van der Waals surface area contributed by atoms with Crippen LogP contribution in [0, 0.1) is 5.92 Å². The molecule has 0 bridgehead atoms. The van der Waals surface area contributed by atoms with Crippen molar-refractivity contribution in [1.29, 1.82) is 0 Å². The van der Waals surface area contributed by atoms with Crippen molar-refractivity contribution in [2.45, 2.75) is 45.6 Å². The maximum Gasteiger partial charge on any atom is 0.220 e. The number of likely N-dealkylation sites (tertiary alicyclic amines) is 1. The van der Waals surface area contributed by atoms with Gasteiger partial charge in [-0.3, -0.25) is 14.5 Å². The molecule has 2 rings (SSSR count). The van der Waals surface area contributed by atoms with Crippen molar-refractivity contribution < 1.29 is 4.79 Å². The maximum atomic E-state index is 11.2. The molecular weight excluding hydrogens is 469 g/mol. The smallest absolute Gasteiger partial charge is 0.220 e. The van der Waals surface area contributed by atoms with Gasteiger partial charge in [-0.05, 0) is 64.7 Å². The van der Waals surface area contributed by atoms with Gasteiger partial charge in [-0.2, -0.15) is 5.10 Å². The van der Waals surface area contributed by atoms with E-state index in [1.54, 1.807) is 6.20 Å². The number of amides is 1. The number of piperidine rings is 1. The molecule has 8 nitrogen and oxygen atoms in total. The van der Waals surface area contributed by atoms with Crippen LogP contribution in [0.3, 0.4) is 0 Å². The van der Waals surface area contributed by atoms with Crippen LogP contribution < -0.4 is 16.4 Å². The maximum absolute atomic E-state index is 11.2. The van der Waals surface area contributed by atoms with Gasteiger partial charge in [-0.1, -0.05) is 0 Å². The minimum atomic E-state index is -0.140. The molecule has 1 aliphatic heterocycles. The number of aromatic nitrogens is 2. The van der Waals surface area contributed by atoms with E-state index in [1.807, 2.05) is 16.9 Å². The van der Waals surface area contributed by atoms with E-state index in [-0.39, 0.29) is 35.8 Å². The van der Waals surface area contributed by atoms with E-state index in [4.69, 9.17) is 5.73 Å². The first-order valence-electron chi connectivity index (χ1n) is 10.2. The lowest BCUT2D eigenvalue weighted by molar-refractivity contribution is -0.123. The molecule has 9 heteroatoms. The minimum absolute atomic E-state index is 0. The summed E-state index contributed by atoms with van der Waals surface area (Å²) in [5.41, 5.74) is 5.39. The molecule has 1 aliphatic rings. The van der Waals surface area contributed by atoms with Crippen LogP contribution in [0.5, 0.6) is 0 Å².